The molecule has 0 unspecified atom stereocenters. The standard InChI is InChI=1S/C15H30N2O3/c16-17-14(11-9-12-15(19)20)10-7-5-3-1-2-4-6-8-13-18/h18H,1-13,16H2,(H,19,20)/b17-14-. The van der Waals surface area contributed by atoms with Crippen molar-refractivity contribution in [3.8, 4) is 0 Å². The molecule has 0 aromatic heterocycles. The van der Waals surface area contributed by atoms with Gasteiger partial charge < -0.3 is 16.1 Å². The molecule has 5 heteroatoms. The van der Waals surface area contributed by atoms with Gasteiger partial charge in [0.25, 0.3) is 0 Å². The molecule has 0 radical (unpaired) electrons. The summed E-state index contributed by atoms with van der Waals surface area (Å²) in [4.78, 5) is 10.4. The third-order valence-electron chi connectivity index (χ3n) is 3.41. The molecule has 0 bridgehead atoms. The van der Waals surface area contributed by atoms with Crippen LogP contribution in [0.3, 0.4) is 0 Å². The maximum absolute atomic E-state index is 10.4. The zero-order chi connectivity index (χ0) is 15.1. The number of nitrogens with two attached hydrogens (primary N) is 1. The van der Waals surface area contributed by atoms with Crippen molar-refractivity contribution in [3.05, 3.63) is 0 Å². The lowest BCUT2D eigenvalue weighted by Gasteiger charge is -2.05. The van der Waals surface area contributed by atoms with Crippen LogP contribution in [0, 0.1) is 0 Å². The highest BCUT2D eigenvalue weighted by Crippen LogP contribution is 2.11. The Morgan fingerprint density at radius 1 is 0.800 bits per heavy atom. The molecule has 0 aliphatic rings. The van der Waals surface area contributed by atoms with Crippen molar-refractivity contribution in [3.63, 3.8) is 0 Å². The van der Waals surface area contributed by atoms with Crippen LogP contribution in [0.1, 0.15) is 77.0 Å². The molecule has 0 spiro atoms. The van der Waals surface area contributed by atoms with Crippen LogP contribution in [0.5, 0.6) is 0 Å². The summed E-state index contributed by atoms with van der Waals surface area (Å²) in [6.45, 7) is 0.309. The van der Waals surface area contributed by atoms with Gasteiger partial charge in [0.1, 0.15) is 0 Å². The number of nitrogens with zero attached hydrogens (tertiary/aromatic N) is 1. The first-order valence-corrected chi connectivity index (χ1v) is 7.79. The smallest absolute Gasteiger partial charge is 0.303 e. The number of aliphatic hydroxyl groups excluding tert-OH is 1. The molecule has 0 atom stereocenters. The van der Waals surface area contributed by atoms with Crippen LogP contribution >= 0.6 is 0 Å². The maximum atomic E-state index is 10.4. The van der Waals surface area contributed by atoms with E-state index in [1.807, 2.05) is 0 Å². The fourth-order valence-electron chi connectivity index (χ4n) is 2.20. The molecule has 0 heterocycles. The highest BCUT2D eigenvalue weighted by molar-refractivity contribution is 5.84. The molecule has 4 N–H and O–H groups in total. The lowest BCUT2D eigenvalue weighted by Crippen LogP contribution is -2.04. The number of hydrazone groups is 1. The largest absolute Gasteiger partial charge is 0.481 e. The van der Waals surface area contributed by atoms with Gasteiger partial charge in [0.05, 0.1) is 0 Å². The van der Waals surface area contributed by atoms with Crippen LogP contribution in [-0.2, 0) is 4.79 Å². The number of carboxylic acids is 1. The molecular weight excluding hydrogens is 256 g/mol. The minimum absolute atomic E-state index is 0.187. The van der Waals surface area contributed by atoms with Gasteiger partial charge in [0, 0.05) is 18.7 Å². The second-order valence-corrected chi connectivity index (χ2v) is 5.24. The van der Waals surface area contributed by atoms with Gasteiger partial charge in [-0.3, -0.25) is 4.79 Å². The molecule has 0 aromatic carbocycles. The van der Waals surface area contributed by atoms with Crippen LogP contribution < -0.4 is 5.84 Å². The number of hydrogen-bond donors (Lipinski definition) is 3. The van der Waals surface area contributed by atoms with Gasteiger partial charge in [-0.15, -0.1) is 0 Å². The van der Waals surface area contributed by atoms with E-state index in [0.717, 1.165) is 31.4 Å². The Morgan fingerprint density at radius 2 is 1.30 bits per heavy atom. The van der Waals surface area contributed by atoms with Crippen LogP contribution in [0.25, 0.3) is 0 Å². The van der Waals surface area contributed by atoms with E-state index in [-0.39, 0.29) is 6.42 Å². The molecule has 20 heavy (non-hydrogen) atoms. The number of aliphatic hydroxyl groups is 1. The van der Waals surface area contributed by atoms with E-state index in [1.54, 1.807) is 0 Å². The van der Waals surface area contributed by atoms with Gasteiger partial charge >= 0.3 is 5.97 Å². The van der Waals surface area contributed by atoms with Gasteiger partial charge in [-0.2, -0.15) is 5.10 Å². The topological polar surface area (TPSA) is 95.9 Å². The summed E-state index contributed by atoms with van der Waals surface area (Å²) in [5.74, 6) is 4.56. The zero-order valence-corrected chi connectivity index (χ0v) is 12.5. The predicted octanol–water partition coefficient (Wildman–Crippen LogP) is 3.06. The van der Waals surface area contributed by atoms with Crippen LogP contribution in [0.2, 0.25) is 0 Å². The van der Waals surface area contributed by atoms with E-state index in [1.165, 1.54) is 32.1 Å². The zero-order valence-electron chi connectivity index (χ0n) is 12.5. The van der Waals surface area contributed by atoms with Crippen molar-refractivity contribution in [1.29, 1.82) is 0 Å². The number of hydrogen-bond acceptors (Lipinski definition) is 4. The first kappa shape index (κ1) is 18.9. The predicted molar refractivity (Wildman–Crippen MR) is 81.7 cm³/mol. The van der Waals surface area contributed by atoms with E-state index in [2.05, 4.69) is 5.10 Å². The maximum Gasteiger partial charge on any atom is 0.303 e. The fourth-order valence-corrected chi connectivity index (χ4v) is 2.20. The van der Waals surface area contributed by atoms with Crippen molar-refractivity contribution in [1.82, 2.24) is 0 Å². The Balaban J connectivity index is 3.36. The van der Waals surface area contributed by atoms with Crippen molar-refractivity contribution >= 4 is 11.7 Å². The molecule has 0 fully saturated rings. The summed E-state index contributed by atoms with van der Waals surface area (Å²) in [5, 5.41) is 21.0. The molecule has 0 amide bonds. The molecule has 0 aromatic rings. The second kappa shape index (κ2) is 14.3. The molecule has 0 aliphatic carbocycles. The quantitative estimate of drug-likeness (QED) is 0.198. The van der Waals surface area contributed by atoms with E-state index in [0.29, 0.717) is 19.4 Å². The summed E-state index contributed by atoms with van der Waals surface area (Å²) in [6.07, 6.45) is 11.6. The molecule has 0 saturated carbocycles. The minimum atomic E-state index is -0.762. The normalized spacial score (nSPS) is 11.8. The Labute approximate surface area is 122 Å². The first-order valence-electron chi connectivity index (χ1n) is 7.79. The lowest BCUT2D eigenvalue weighted by atomic mass is 10.0. The Bertz CT molecular complexity index is 268. The summed E-state index contributed by atoms with van der Waals surface area (Å²) in [5.41, 5.74) is 0.939. The summed E-state index contributed by atoms with van der Waals surface area (Å²) < 4.78 is 0. The monoisotopic (exact) mass is 286 g/mol. The third-order valence-corrected chi connectivity index (χ3v) is 3.41. The lowest BCUT2D eigenvalue weighted by molar-refractivity contribution is -0.137. The number of rotatable bonds is 14. The first-order chi connectivity index (χ1) is 9.70. The van der Waals surface area contributed by atoms with Crippen molar-refractivity contribution < 1.29 is 15.0 Å². The highest BCUT2D eigenvalue weighted by Gasteiger charge is 2.02. The second-order valence-electron chi connectivity index (χ2n) is 5.24. The average molecular weight is 286 g/mol. The van der Waals surface area contributed by atoms with Gasteiger partial charge in [0.2, 0.25) is 0 Å². The number of carbonyl (C=O) groups is 1. The molecular formula is C15H30N2O3. The fraction of sp³-hybridized carbons (Fsp3) is 0.867. The summed E-state index contributed by atoms with van der Waals surface area (Å²) in [7, 11) is 0. The minimum Gasteiger partial charge on any atom is -0.481 e. The highest BCUT2D eigenvalue weighted by atomic mass is 16.4. The van der Waals surface area contributed by atoms with Crippen molar-refractivity contribution in [2.45, 2.75) is 77.0 Å². The number of carboxylic acid groups (broad SMARTS) is 1. The summed E-state index contributed by atoms with van der Waals surface area (Å²) >= 11 is 0. The van der Waals surface area contributed by atoms with E-state index in [4.69, 9.17) is 16.1 Å². The molecule has 5 nitrogen and oxygen atoms in total. The van der Waals surface area contributed by atoms with Crippen LogP contribution in [0.15, 0.2) is 5.10 Å². The van der Waals surface area contributed by atoms with E-state index >= 15 is 0 Å². The molecule has 0 saturated heterocycles. The van der Waals surface area contributed by atoms with E-state index in [9.17, 15) is 4.79 Å². The van der Waals surface area contributed by atoms with Crippen LogP contribution in [0.4, 0.5) is 0 Å². The molecule has 0 aliphatic heterocycles. The number of unbranched alkanes of at least 4 members (excludes halogenated alkanes) is 7. The van der Waals surface area contributed by atoms with Gasteiger partial charge in [0.15, 0.2) is 0 Å². The van der Waals surface area contributed by atoms with Gasteiger partial charge in [-0.1, -0.05) is 38.5 Å². The van der Waals surface area contributed by atoms with Gasteiger partial charge in [-0.25, -0.2) is 0 Å². The Hall–Kier alpha value is -1.10. The Kier molecular flexibility index (Phi) is 13.5. The molecule has 0 rings (SSSR count). The Morgan fingerprint density at radius 3 is 1.80 bits per heavy atom. The van der Waals surface area contributed by atoms with Gasteiger partial charge in [-0.05, 0) is 32.1 Å². The summed E-state index contributed by atoms with van der Waals surface area (Å²) in [6, 6.07) is 0. The van der Waals surface area contributed by atoms with Crippen molar-refractivity contribution in [2.75, 3.05) is 6.61 Å². The van der Waals surface area contributed by atoms with Crippen LogP contribution in [-0.4, -0.2) is 28.5 Å². The van der Waals surface area contributed by atoms with Crippen molar-refractivity contribution in [2.24, 2.45) is 10.9 Å². The SMILES string of the molecule is N/N=C(/CCCCCCCCCCO)CCCC(=O)O. The van der Waals surface area contributed by atoms with E-state index < -0.39 is 5.97 Å². The number of aliphatic carboxylic acids is 1. The molecule has 118 valence electrons. The third kappa shape index (κ3) is 13.3. The average Bonchev–Trinajstić information content (AvgIpc) is 2.43.